The molecule has 0 aromatic heterocycles. The number of nitrogens with one attached hydrogen (secondary N) is 1. The smallest absolute Gasteiger partial charge is 0.251 e. The Balaban J connectivity index is 1.56. The maximum Gasteiger partial charge on any atom is 0.251 e. The Morgan fingerprint density at radius 3 is 2.29 bits per heavy atom. The molecule has 1 N–H and O–H groups in total. The summed E-state index contributed by atoms with van der Waals surface area (Å²) < 4.78 is 17.0. The van der Waals surface area contributed by atoms with Gasteiger partial charge in [-0.05, 0) is 61.9 Å². The first kappa shape index (κ1) is 22.5. The minimum Gasteiger partial charge on any atom is -0.490 e. The van der Waals surface area contributed by atoms with E-state index in [2.05, 4.69) is 5.32 Å². The lowest BCUT2D eigenvalue weighted by molar-refractivity contribution is 0.0951. The van der Waals surface area contributed by atoms with Gasteiger partial charge in [0.05, 0.1) is 13.2 Å². The fraction of sp³-hybridized carbons (Fsp3) is 0.240. The third kappa shape index (κ3) is 6.40. The first-order valence-corrected chi connectivity index (χ1v) is 10.6. The van der Waals surface area contributed by atoms with Crippen LogP contribution < -0.4 is 19.5 Å². The van der Waals surface area contributed by atoms with E-state index in [9.17, 15) is 4.79 Å². The molecule has 0 spiro atoms. The summed E-state index contributed by atoms with van der Waals surface area (Å²) in [5.41, 5.74) is 2.40. The number of halogens is 1. The minimum atomic E-state index is -0.163. The Morgan fingerprint density at radius 2 is 1.58 bits per heavy atom. The van der Waals surface area contributed by atoms with E-state index in [1.165, 1.54) is 0 Å². The number of amides is 1. The van der Waals surface area contributed by atoms with Crippen molar-refractivity contribution in [1.29, 1.82) is 0 Å². The number of ether oxygens (including phenoxy) is 3. The van der Waals surface area contributed by atoms with Crippen molar-refractivity contribution in [2.24, 2.45) is 0 Å². The van der Waals surface area contributed by atoms with E-state index in [4.69, 9.17) is 25.8 Å². The van der Waals surface area contributed by atoms with E-state index in [1.807, 2.05) is 56.3 Å². The first-order valence-electron chi connectivity index (χ1n) is 10.2. The number of rotatable bonds is 10. The van der Waals surface area contributed by atoms with Crippen LogP contribution in [-0.2, 0) is 13.2 Å². The lowest BCUT2D eigenvalue weighted by Gasteiger charge is -2.13. The molecule has 0 bridgehead atoms. The van der Waals surface area contributed by atoms with Crippen molar-refractivity contribution in [2.45, 2.75) is 27.0 Å². The van der Waals surface area contributed by atoms with Gasteiger partial charge in [0.15, 0.2) is 11.5 Å². The molecule has 0 saturated heterocycles. The lowest BCUT2D eigenvalue weighted by atomic mass is 10.1. The van der Waals surface area contributed by atoms with Crippen molar-refractivity contribution in [3.8, 4) is 17.2 Å². The van der Waals surface area contributed by atoms with Gasteiger partial charge in [0.25, 0.3) is 5.91 Å². The fourth-order valence-electron chi connectivity index (χ4n) is 2.97. The number of benzene rings is 3. The second-order valence-electron chi connectivity index (χ2n) is 6.73. The molecule has 0 radical (unpaired) electrons. The maximum absolute atomic E-state index is 12.5. The highest BCUT2D eigenvalue weighted by atomic mass is 35.5. The summed E-state index contributed by atoms with van der Waals surface area (Å²) in [7, 11) is 0. The van der Waals surface area contributed by atoms with Gasteiger partial charge >= 0.3 is 0 Å². The Kier molecular flexibility index (Phi) is 8.19. The van der Waals surface area contributed by atoms with Gasteiger partial charge in [-0.2, -0.15) is 0 Å². The lowest BCUT2D eigenvalue weighted by Crippen LogP contribution is -2.22. The predicted octanol–water partition coefficient (Wildman–Crippen LogP) is 5.65. The van der Waals surface area contributed by atoms with Crippen LogP contribution in [-0.4, -0.2) is 19.1 Å². The van der Waals surface area contributed by atoms with E-state index in [-0.39, 0.29) is 5.91 Å². The van der Waals surface area contributed by atoms with Crippen LogP contribution >= 0.6 is 11.6 Å². The second kappa shape index (κ2) is 11.3. The Hall–Kier alpha value is -3.18. The zero-order valence-electron chi connectivity index (χ0n) is 17.7. The van der Waals surface area contributed by atoms with Gasteiger partial charge in [0.2, 0.25) is 0 Å². The highest BCUT2D eigenvalue weighted by molar-refractivity contribution is 6.31. The molecule has 0 aliphatic carbocycles. The molecule has 3 aromatic rings. The number of hydrogen-bond donors (Lipinski definition) is 1. The third-order valence-electron chi connectivity index (χ3n) is 4.53. The van der Waals surface area contributed by atoms with Crippen molar-refractivity contribution < 1.29 is 19.0 Å². The molecule has 1 amide bonds. The molecule has 5 nitrogen and oxygen atoms in total. The fourth-order valence-corrected chi connectivity index (χ4v) is 3.16. The van der Waals surface area contributed by atoms with Gasteiger partial charge in [-0.25, -0.2) is 0 Å². The van der Waals surface area contributed by atoms with Crippen LogP contribution in [0, 0.1) is 0 Å². The average Bonchev–Trinajstić information content (AvgIpc) is 2.79. The largest absolute Gasteiger partial charge is 0.490 e. The molecule has 0 fully saturated rings. The number of hydrogen-bond acceptors (Lipinski definition) is 4. The quantitative estimate of drug-likeness (QED) is 0.443. The van der Waals surface area contributed by atoms with E-state index < -0.39 is 0 Å². The minimum absolute atomic E-state index is 0.163. The van der Waals surface area contributed by atoms with Gasteiger partial charge in [-0.3, -0.25) is 4.79 Å². The van der Waals surface area contributed by atoms with Crippen molar-refractivity contribution in [1.82, 2.24) is 5.32 Å². The highest BCUT2D eigenvalue weighted by Crippen LogP contribution is 2.28. The molecule has 0 heterocycles. The topological polar surface area (TPSA) is 56.8 Å². The van der Waals surface area contributed by atoms with Crippen LogP contribution in [0.25, 0.3) is 0 Å². The van der Waals surface area contributed by atoms with E-state index in [0.29, 0.717) is 54.2 Å². The van der Waals surface area contributed by atoms with Gasteiger partial charge in [0.1, 0.15) is 12.4 Å². The molecular formula is C25H26ClNO4. The summed E-state index contributed by atoms with van der Waals surface area (Å²) in [6.45, 7) is 5.71. The summed E-state index contributed by atoms with van der Waals surface area (Å²) in [6.07, 6.45) is 0. The summed E-state index contributed by atoms with van der Waals surface area (Å²) in [5, 5.41) is 3.59. The van der Waals surface area contributed by atoms with E-state index in [0.717, 1.165) is 11.1 Å². The Bertz CT molecular complexity index is 1000. The summed E-state index contributed by atoms with van der Waals surface area (Å²) in [4.78, 5) is 12.5. The van der Waals surface area contributed by atoms with Crippen LogP contribution in [0.2, 0.25) is 5.02 Å². The molecular weight excluding hydrogens is 414 g/mol. The van der Waals surface area contributed by atoms with Gasteiger partial charge < -0.3 is 19.5 Å². The van der Waals surface area contributed by atoms with Crippen molar-refractivity contribution >= 4 is 17.5 Å². The van der Waals surface area contributed by atoms with Crippen LogP contribution in [0.1, 0.15) is 35.3 Å². The van der Waals surface area contributed by atoms with Crippen LogP contribution in [0.4, 0.5) is 0 Å². The van der Waals surface area contributed by atoms with Gasteiger partial charge in [-0.15, -0.1) is 0 Å². The zero-order valence-corrected chi connectivity index (χ0v) is 18.4. The summed E-state index contributed by atoms with van der Waals surface area (Å²) in [6, 6.07) is 20.2. The van der Waals surface area contributed by atoms with Crippen LogP contribution in [0.3, 0.4) is 0 Å². The third-order valence-corrected chi connectivity index (χ3v) is 4.90. The standard InChI is InChI=1S/C25H26ClNO4/c1-3-29-23-14-9-18(15-24(23)30-4-2)16-27-25(28)19-10-12-21(13-11-19)31-17-20-7-5-6-8-22(20)26/h5-15H,3-4,16-17H2,1-2H3,(H,27,28). The Morgan fingerprint density at radius 1 is 0.871 bits per heavy atom. The maximum atomic E-state index is 12.5. The monoisotopic (exact) mass is 439 g/mol. The average molecular weight is 440 g/mol. The zero-order chi connectivity index (χ0) is 22.1. The second-order valence-corrected chi connectivity index (χ2v) is 7.14. The molecule has 3 aromatic carbocycles. The number of carbonyl (C=O) groups excluding carboxylic acids is 1. The SMILES string of the molecule is CCOc1ccc(CNC(=O)c2ccc(OCc3ccccc3Cl)cc2)cc1OCC. The van der Waals surface area contributed by atoms with Gasteiger partial charge in [0, 0.05) is 22.7 Å². The number of carbonyl (C=O) groups is 1. The molecule has 6 heteroatoms. The molecule has 0 saturated carbocycles. The summed E-state index contributed by atoms with van der Waals surface area (Å²) in [5.74, 6) is 1.89. The van der Waals surface area contributed by atoms with Crippen molar-refractivity contribution in [3.63, 3.8) is 0 Å². The van der Waals surface area contributed by atoms with Crippen molar-refractivity contribution in [3.05, 3.63) is 88.4 Å². The van der Waals surface area contributed by atoms with Crippen molar-refractivity contribution in [2.75, 3.05) is 13.2 Å². The van der Waals surface area contributed by atoms with E-state index >= 15 is 0 Å². The molecule has 0 unspecified atom stereocenters. The molecule has 31 heavy (non-hydrogen) atoms. The highest BCUT2D eigenvalue weighted by Gasteiger charge is 2.09. The normalized spacial score (nSPS) is 10.4. The molecule has 162 valence electrons. The van der Waals surface area contributed by atoms with Crippen LogP contribution in [0.5, 0.6) is 17.2 Å². The molecule has 0 atom stereocenters. The predicted molar refractivity (Wildman–Crippen MR) is 122 cm³/mol. The first-order chi connectivity index (χ1) is 15.1. The molecule has 0 aliphatic rings. The molecule has 0 aliphatic heterocycles. The summed E-state index contributed by atoms with van der Waals surface area (Å²) >= 11 is 6.15. The van der Waals surface area contributed by atoms with Crippen LogP contribution in [0.15, 0.2) is 66.7 Å². The van der Waals surface area contributed by atoms with Gasteiger partial charge in [-0.1, -0.05) is 35.9 Å². The van der Waals surface area contributed by atoms with E-state index in [1.54, 1.807) is 24.3 Å². The molecule has 3 rings (SSSR count). The Labute approximate surface area is 187 Å².